The summed E-state index contributed by atoms with van der Waals surface area (Å²) in [5.74, 6) is 0.742. The standard InChI is InChI=1S/C16H30N2O2/c1-18(12-14-9-5-6-10-20-14)16(19)15(17)11-13-7-3-2-4-8-13/h13-15H,2-12,17H2,1H3. The molecule has 1 saturated heterocycles. The number of nitrogens with zero attached hydrogens (tertiary/aromatic N) is 1. The van der Waals surface area contributed by atoms with Gasteiger partial charge in [-0.05, 0) is 31.6 Å². The second-order valence-electron chi connectivity index (χ2n) is 6.55. The van der Waals surface area contributed by atoms with Crippen molar-refractivity contribution < 1.29 is 9.53 Å². The van der Waals surface area contributed by atoms with E-state index in [0.29, 0.717) is 12.5 Å². The van der Waals surface area contributed by atoms with Gasteiger partial charge in [0, 0.05) is 20.2 Å². The van der Waals surface area contributed by atoms with E-state index in [1.54, 1.807) is 4.90 Å². The van der Waals surface area contributed by atoms with Crippen LogP contribution in [0.4, 0.5) is 0 Å². The maximum atomic E-state index is 12.3. The summed E-state index contributed by atoms with van der Waals surface area (Å²) in [5, 5.41) is 0. The molecule has 0 aromatic rings. The SMILES string of the molecule is CN(CC1CCCCO1)C(=O)C(N)CC1CCCCC1. The Morgan fingerprint density at radius 3 is 2.55 bits per heavy atom. The predicted octanol–water partition coefficient (Wildman–Crippen LogP) is 2.31. The topological polar surface area (TPSA) is 55.6 Å². The first-order valence-electron chi connectivity index (χ1n) is 8.29. The minimum atomic E-state index is -0.327. The molecule has 20 heavy (non-hydrogen) atoms. The zero-order chi connectivity index (χ0) is 14.4. The Hall–Kier alpha value is -0.610. The Bertz CT molecular complexity index is 269. The molecule has 2 N–H and O–H groups in total. The van der Waals surface area contributed by atoms with Crippen LogP contribution < -0.4 is 5.73 Å². The van der Waals surface area contributed by atoms with Crippen molar-refractivity contribution in [1.29, 1.82) is 0 Å². The summed E-state index contributed by atoms with van der Waals surface area (Å²) in [4.78, 5) is 14.1. The van der Waals surface area contributed by atoms with Crippen molar-refractivity contribution in [1.82, 2.24) is 4.90 Å². The normalized spacial score (nSPS) is 26.2. The first-order valence-corrected chi connectivity index (χ1v) is 8.29. The molecule has 2 rings (SSSR count). The first-order chi connectivity index (χ1) is 9.66. The fourth-order valence-electron chi connectivity index (χ4n) is 3.51. The molecule has 2 atom stereocenters. The van der Waals surface area contributed by atoms with E-state index in [1.807, 2.05) is 7.05 Å². The molecule has 1 amide bonds. The maximum Gasteiger partial charge on any atom is 0.239 e. The first kappa shape index (κ1) is 15.8. The number of likely N-dealkylation sites (N-methyl/N-ethyl adjacent to an activating group) is 1. The number of amides is 1. The van der Waals surface area contributed by atoms with Crippen molar-refractivity contribution in [2.24, 2.45) is 11.7 Å². The largest absolute Gasteiger partial charge is 0.376 e. The van der Waals surface area contributed by atoms with Crippen molar-refractivity contribution in [3.05, 3.63) is 0 Å². The lowest BCUT2D eigenvalue weighted by Crippen LogP contribution is -2.46. The van der Waals surface area contributed by atoms with Gasteiger partial charge >= 0.3 is 0 Å². The highest BCUT2D eigenvalue weighted by Gasteiger charge is 2.25. The van der Waals surface area contributed by atoms with Crippen LogP contribution in [0.15, 0.2) is 0 Å². The molecule has 1 aliphatic carbocycles. The van der Waals surface area contributed by atoms with Crippen LogP contribution in [-0.2, 0) is 9.53 Å². The van der Waals surface area contributed by atoms with Crippen LogP contribution in [0, 0.1) is 5.92 Å². The Morgan fingerprint density at radius 1 is 1.20 bits per heavy atom. The van der Waals surface area contributed by atoms with E-state index in [4.69, 9.17) is 10.5 Å². The number of hydrogen-bond donors (Lipinski definition) is 1. The lowest BCUT2D eigenvalue weighted by molar-refractivity contribution is -0.134. The quantitative estimate of drug-likeness (QED) is 0.842. The molecular formula is C16H30N2O2. The molecule has 0 radical (unpaired) electrons. The molecular weight excluding hydrogens is 252 g/mol. The van der Waals surface area contributed by atoms with Crippen molar-refractivity contribution in [2.75, 3.05) is 20.2 Å². The molecule has 2 aliphatic rings. The van der Waals surface area contributed by atoms with Gasteiger partial charge in [0.05, 0.1) is 12.1 Å². The molecule has 1 saturated carbocycles. The van der Waals surface area contributed by atoms with Crippen LogP contribution in [0.25, 0.3) is 0 Å². The summed E-state index contributed by atoms with van der Waals surface area (Å²) in [7, 11) is 1.86. The van der Waals surface area contributed by atoms with E-state index < -0.39 is 0 Å². The van der Waals surface area contributed by atoms with Gasteiger partial charge in [-0.2, -0.15) is 0 Å². The van der Waals surface area contributed by atoms with Crippen molar-refractivity contribution >= 4 is 5.91 Å². The van der Waals surface area contributed by atoms with E-state index in [0.717, 1.165) is 25.9 Å². The van der Waals surface area contributed by atoms with E-state index in [1.165, 1.54) is 38.5 Å². The summed E-state index contributed by atoms with van der Waals surface area (Å²) in [6, 6.07) is -0.327. The zero-order valence-corrected chi connectivity index (χ0v) is 12.9. The van der Waals surface area contributed by atoms with Crippen LogP contribution >= 0.6 is 0 Å². The highest BCUT2D eigenvalue weighted by Crippen LogP contribution is 2.27. The molecule has 1 heterocycles. The molecule has 0 spiro atoms. The van der Waals surface area contributed by atoms with Crippen LogP contribution in [0.1, 0.15) is 57.8 Å². The summed E-state index contributed by atoms with van der Waals surface area (Å²) >= 11 is 0. The zero-order valence-electron chi connectivity index (χ0n) is 12.9. The van der Waals surface area contributed by atoms with Gasteiger partial charge in [0.1, 0.15) is 0 Å². The number of ether oxygens (including phenoxy) is 1. The Morgan fingerprint density at radius 2 is 1.90 bits per heavy atom. The third-order valence-electron chi connectivity index (χ3n) is 4.76. The number of rotatable bonds is 5. The van der Waals surface area contributed by atoms with Crippen LogP contribution in [0.3, 0.4) is 0 Å². The minimum Gasteiger partial charge on any atom is -0.376 e. The smallest absolute Gasteiger partial charge is 0.239 e. The lowest BCUT2D eigenvalue weighted by Gasteiger charge is -2.30. The second kappa shape index (κ2) is 7.99. The van der Waals surface area contributed by atoms with E-state index in [2.05, 4.69) is 0 Å². The van der Waals surface area contributed by atoms with Gasteiger partial charge in [-0.25, -0.2) is 0 Å². The van der Waals surface area contributed by atoms with Crippen LogP contribution in [0.2, 0.25) is 0 Å². The highest BCUT2D eigenvalue weighted by atomic mass is 16.5. The van der Waals surface area contributed by atoms with Crippen LogP contribution in [0.5, 0.6) is 0 Å². The average Bonchev–Trinajstić information content (AvgIpc) is 2.48. The monoisotopic (exact) mass is 282 g/mol. The summed E-state index contributed by atoms with van der Waals surface area (Å²) in [5.41, 5.74) is 6.12. The van der Waals surface area contributed by atoms with Gasteiger partial charge in [0.2, 0.25) is 5.91 Å². The molecule has 4 nitrogen and oxygen atoms in total. The Labute approximate surface area is 123 Å². The molecule has 4 heteroatoms. The van der Waals surface area contributed by atoms with Crippen molar-refractivity contribution in [3.8, 4) is 0 Å². The molecule has 0 aromatic carbocycles. The van der Waals surface area contributed by atoms with Gasteiger partial charge < -0.3 is 15.4 Å². The molecule has 0 aromatic heterocycles. The summed E-state index contributed by atoms with van der Waals surface area (Å²) < 4.78 is 5.69. The molecule has 1 aliphatic heterocycles. The van der Waals surface area contributed by atoms with Gasteiger partial charge in [-0.1, -0.05) is 32.1 Å². The molecule has 0 bridgehead atoms. The number of carbonyl (C=O) groups is 1. The number of hydrogen-bond acceptors (Lipinski definition) is 3. The third kappa shape index (κ3) is 4.74. The third-order valence-corrected chi connectivity index (χ3v) is 4.76. The molecule has 2 fully saturated rings. The fourth-order valence-corrected chi connectivity index (χ4v) is 3.51. The summed E-state index contributed by atoms with van der Waals surface area (Å²) in [6.45, 7) is 1.53. The van der Waals surface area contributed by atoms with E-state index >= 15 is 0 Å². The molecule has 2 unspecified atom stereocenters. The highest BCUT2D eigenvalue weighted by molar-refractivity contribution is 5.81. The van der Waals surface area contributed by atoms with Crippen LogP contribution in [-0.4, -0.2) is 43.2 Å². The van der Waals surface area contributed by atoms with Gasteiger partial charge in [-0.15, -0.1) is 0 Å². The summed E-state index contributed by atoms with van der Waals surface area (Å²) in [6.07, 6.45) is 10.9. The van der Waals surface area contributed by atoms with Gasteiger partial charge in [0.15, 0.2) is 0 Å². The second-order valence-corrected chi connectivity index (χ2v) is 6.55. The Kier molecular flexibility index (Phi) is 6.30. The lowest BCUT2D eigenvalue weighted by atomic mass is 9.85. The van der Waals surface area contributed by atoms with E-state index in [9.17, 15) is 4.79 Å². The number of nitrogens with two attached hydrogens (primary N) is 1. The van der Waals surface area contributed by atoms with Crippen molar-refractivity contribution in [2.45, 2.75) is 69.9 Å². The fraction of sp³-hybridized carbons (Fsp3) is 0.938. The Balaban J connectivity index is 1.73. The molecule has 116 valence electrons. The minimum absolute atomic E-state index is 0.0877. The van der Waals surface area contributed by atoms with Gasteiger partial charge in [0.25, 0.3) is 0 Å². The number of carbonyl (C=O) groups excluding carboxylic acids is 1. The average molecular weight is 282 g/mol. The van der Waals surface area contributed by atoms with E-state index in [-0.39, 0.29) is 18.1 Å². The van der Waals surface area contributed by atoms with Crippen molar-refractivity contribution in [3.63, 3.8) is 0 Å². The van der Waals surface area contributed by atoms with Gasteiger partial charge in [-0.3, -0.25) is 4.79 Å². The maximum absolute atomic E-state index is 12.3. The predicted molar refractivity (Wildman–Crippen MR) is 80.4 cm³/mol.